The predicted octanol–water partition coefficient (Wildman–Crippen LogP) is 4.57. The quantitative estimate of drug-likeness (QED) is 0.473. The number of thiazole rings is 1. The molecule has 156 valence electrons. The highest BCUT2D eigenvalue weighted by molar-refractivity contribution is 7.17. The van der Waals surface area contributed by atoms with Gasteiger partial charge in [-0.3, -0.25) is 14.9 Å². The van der Waals surface area contributed by atoms with Crippen molar-refractivity contribution >= 4 is 39.3 Å². The third-order valence-corrected chi connectivity index (χ3v) is 5.75. The molecular formula is C23H18N2O5S. The van der Waals surface area contributed by atoms with Crippen LogP contribution in [0.3, 0.4) is 0 Å². The molecule has 0 saturated carbocycles. The number of nitrogens with zero attached hydrogens (tertiary/aromatic N) is 1. The summed E-state index contributed by atoms with van der Waals surface area (Å²) in [5, 5.41) is 3.52. The fourth-order valence-corrected chi connectivity index (χ4v) is 3.98. The number of ether oxygens (including phenoxy) is 1. The molecule has 31 heavy (non-hydrogen) atoms. The third kappa shape index (κ3) is 4.10. The minimum atomic E-state index is -0.494. The standard InChI is InChI=1S/C23H18N2O5S/c1-12-4-9-18-16(10-12)17(26)11-19(30-18)14-5-7-15(8-6-14)21(27)25-23-24-13(2)20(31-23)22(28)29-3/h4-11H,1-3H3,(H,24,25,27). The second-order valence-corrected chi connectivity index (χ2v) is 7.93. The number of hydrogen-bond donors (Lipinski definition) is 1. The van der Waals surface area contributed by atoms with Gasteiger partial charge >= 0.3 is 5.97 Å². The molecule has 1 N–H and O–H groups in total. The first kappa shape index (κ1) is 20.5. The first-order valence-electron chi connectivity index (χ1n) is 9.38. The molecule has 0 saturated heterocycles. The van der Waals surface area contributed by atoms with Crippen LogP contribution in [0.1, 0.15) is 31.3 Å². The number of rotatable bonds is 4. The van der Waals surface area contributed by atoms with Gasteiger partial charge in [-0.25, -0.2) is 9.78 Å². The summed E-state index contributed by atoms with van der Waals surface area (Å²) in [6, 6.07) is 13.6. The topological polar surface area (TPSA) is 98.5 Å². The Morgan fingerprint density at radius 1 is 1.06 bits per heavy atom. The van der Waals surface area contributed by atoms with Crippen molar-refractivity contribution in [2.75, 3.05) is 12.4 Å². The van der Waals surface area contributed by atoms with Gasteiger partial charge in [-0.2, -0.15) is 0 Å². The van der Waals surface area contributed by atoms with Gasteiger partial charge in [-0.1, -0.05) is 35.1 Å². The maximum absolute atomic E-state index is 12.5. The van der Waals surface area contributed by atoms with E-state index in [1.54, 1.807) is 43.3 Å². The second-order valence-electron chi connectivity index (χ2n) is 6.93. The molecule has 0 aliphatic carbocycles. The number of carbonyl (C=O) groups is 2. The molecule has 2 aromatic carbocycles. The maximum Gasteiger partial charge on any atom is 0.350 e. The van der Waals surface area contributed by atoms with E-state index in [0.717, 1.165) is 16.9 Å². The molecule has 2 heterocycles. The Bertz CT molecular complexity index is 1370. The van der Waals surface area contributed by atoms with Gasteiger partial charge in [0.15, 0.2) is 10.6 Å². The second kappa shape index (κ2) is 8.16. The summed E-state index contributed by atoms with van der Waals surface area (Å²) in [7, 11) is 1.29. The Labute approximate surface area is 181 Å². The minimum absolute atomic E-state index is 0.123. The van der Waals surface area contributed by atoms with Crippen LogP contribution in [-0.4, -0.2) is 24.0 Å². The van der Waals surface area contributed by atoms with Gasteiger partial charge in [0.05, 0.1) is 18.2 Å². The zero-order valence-electron chi connectivity index (χ0n) is 17.0. The van der Waals surface area contributed by atoms with E-state index in [2.05, 4.69) is 10.3 Å². The summed E-state index contributed by atoms with van der Waals surface area (Å²) in [6.45, 7) is 3.59. The average molecular weight is 434 g/mol. The minimum Gasteiger partial charge on any atom is -0.465 e. The normalized spacial score (nSPS) is 10.8. The summed E-state index contributed by atoms with van der Waals surface area (Å²) in [5.41, 5.74) is 2.93. The number of anilines is 1. The lowest BCUT2D eigenvalue weighted by Crippen LogP contribution is -2.11. The van der Waals surface area contributed by atoms with Gasteiger partial charge in [-0.15, -0.1) is 0 Å². The number of nitrogens with one attached hydrogen (secondary N) is 1. The van der Waals surface area contributed by atoms with Crippen molar-refractivity contribution in [3.63, 3.8) is 0 Å². The molecule has 0 fully saturated rings. The molecule has 1 amide bonds. The molecule has 0 atom stereocenters. The van der Waals surface area contributed by atoms with Gasteiger partial charge in [-0.05, 0) is 38.1 Å². The van der Waals surface area contributed by atoms with Gasteiger partial charge in [0.1, 0.15) is 16.2 Å². The number of amides is 1. The van der Waals surface area contributed by atoms with Gasteiger partial charge in [0, 0.05) is 17.2 Å². The number of hydrogen-bond acceptors (Lipinski definition) is 7. The molecule has 0 aliphatic heterocycles. The van der Waals surface area contributed by atoms with Crippen molar-refractivity contribution in [1.29, 1.82) is 0 Å². The monoisotopic (exact) mass is 434 g/mol. The van der Waals surface area contributed by atoms with E-state index in [-0.39, 0.29) is 11.3 Å². The summed E-state index contributed by atoms with van der Waals surface area (Å²) in [5.74, 6) is -0.439. The predicted molar refractivity (Wildman–Crippen MR) is 119 cm³/mol. The van der Waals surface area contributed by atoms with Crippen molar-refractivity contribution in [2.24, 2.45) is 0 Å². The van der Waals surface area contributed by atoms with Crippen LogP contribution in [0.5, 0.6) is 0 Å². The van der Waals surface area contributed by atoms with Crippen molar-refractivity contribution < 1.29 is 18.7 Å². The Balaban J connectivity index is 1.56. The van der Waals surface area contributed by atoms with E-state index in [1.807, 2.05) is 13.0 Å². The van der Waals surface area contributed by atoms with Crippen molar-refractivity contribution in [3.05, 3.63) is 80.5 Å². The Morgan fingerprint density at radius 2 is 1.81 bits per heavy atom. The number of aryl methyl sites for hydroxylation is 2. The van der Waals surface area contributed by atoms with Crippen LogP contribution >= 0.6 is 11.3 Å². The summed E-state index contributed by atoms with van der Waals surface area (Å²) < 4.78 is 10.6. The molecule has 2 aromatic heterocycles. The van der Waals surface area contributed by atoms with E-state index in [4.69, 9.17) is 9.15 Å². The highest BCUT2D eigenvalue weighted by Gasteiger charge is 2.17. The molecule has 8 heteroatoms. The smallest absolute Gasteiger partial charge is 0.350 e. The van der Waals surface area contributed by atoms with E-state index in [1.165, 1.54) is 13.2 Å². The number of aromatic nitrogens is 1. The zero-order chi connectivity index (χ0) is 22.1. The van der Waals surface area contributed by atoms with Gasteiger partial charge in [0.2, 0.25) is 0 Å². The zero-order valence-corrected chi connectivity index (χ0v) is 17.8. The average Bonchev–Trinajstić information content (AvgIpc) is 3.13. The van der Waals surface area contributed by atoms with E-state index in [9.17, 15) is 14.4 Å². The molecule has 7 nitrogen and oxygen atoms in total. The SMILES string of the molecule is COC(=O)c1sc(NC(=O)c2ccc(-c3cc(=O)c4cc(C)ccc4o3)cc2)nc1C. The van der Waals surface area contributed by atoms with Crippen LogP contribution in [0.25, 0.3) is 22.3 Å². The molecule has 0 aliphatic rings. The Kier molecular flexibility index (Phi) is 5.39. The first-order valence-corrected chi connectivity index (χ1v) is 10.2. The van der Waals surface area contributed by atoms with Gasteiger partial charge < -0.3 is 9.15 Å². The summed E-state index contributed by atoms with van der Waals surface area (Å²) in [6.07, 6.45) is 0. The van der Waals surface area contributed by atoms with E-state index in [0.29, 0.717) is 43.6 Å². The van der Waals surface area contributed by atoms with Crippen LogP contribution in [0.4, 0.5) is 5.13 Å². The van der Waals surface area contributed by atoms with Crippen LogP contribution in [-0.2, 0) is 4.74 Å². The summed E-state index contributed by atoms with van der Waals surface area (Å²) >= 11 is 1.05. The highest BCUT2D eigenvalue weighted by Crippen LogP contribution is 2.25. The fourth-order valence-electron chi connectivity index (χ4n) is 3.10. The number of carbonyl (C=O) groups excluding carboxylic acids is 2. The molecule has 0 radical (unpaired) electrons. The van der Waals surface area contributed by atoms with Crippen molar-refractivity contribution in [2.45, 2.75) is 13.8 Å². The lowest BCUT2D eigenvalue weighted by atomic mass is 10.1. The molecule has 0 bridgehead atoms. The van der Waals surface area contributed by atoms with Crippen molar-refractivity contribution in [3.8, 4) is 11.3 Å². The highest BCUT2D eigenvalue weighted by atomic mass is 32.1. The third-order valence-electron chi connectivity index (χ3n) is 4.70. The number of fused-ring (bicyclic) bond motifs is 1. The number of benzene rings is 2. The van der Waals surface area contributed by atoms with E-state index >= 15 is 0 Å². The van der Waals surface area contributed by atoms with Crippen LogP contribution in [0.15, 0.2) is 57.7 Å². The maximum atomic E-state index is 12.5. The Morgan fingerprint density at radius 3 is 2.52 bits per heavy atom. The summed E-state index contributed by atoms with van der Waals surface area (Å²) in [4.78, 5) is 41.2. The number of methoxy groups -OCH3 is 1. The van der Waals surface area contributed by atoms with E-state index < -0.39 is 5.97 Å². The molecule has 4 rings (SSSR count). The van der Waals surface area contributed by atoms with Crippen LogP contribution in [0.2, 0.25) is 0 Å². The Hall–Kier alpha value is -3.78. The molecule has 4 aromatic rings. The molecule has 0 spiro atoms. The first-order chi connectivity index (χ1) is 14.9. The van der Waals surface area contributed by atoms with Crippen LogP contribution in [0, 0.1) is 13.8 Å². The van der Waals surface area contributed by atoms with Crippen LogP contribution < -0.4 is 10.7 Å². The fraction of sp³-hybridized carbons (Fsp3) is 0.130. The number of esters is 1. The molecule has 0 unspecified atom stereocenters. The lowest BCUT2D eigenvalue weighted by molar-refractivity contribution is 0.0605. The van der Waals surface area contributed by atoms with Gasteiger partial charge in [0.25, 0.3) is 5.91 Å². The lowest BCUT2D eigenvalue weighted by Gasteiger charge is -2.06. The molecular weight excluding hydrogens is 416 g/mol. The van der Waals surface area contributed by atoms with Crippen molar-refractivity contribution in [1.82, 2.24) is 4.98 Å². The largest absolute Gasteiger partial charge is 0.465 e.